The Morgan fingerprint density at radius 2 is 1.69 bits per heavy atom. The van der Waals surface area contributed by atoms with Crippen molar-refractivity contribution in [1.82, 2.24) is 0 Å². The first-order chi connectivity index (χ1) is 6.52. The zero-order valence-corrected chi connectivity index (χ0v) is 12.0. The van der Waals surface area contributed by atoms with Crippen molar-refractivity contribution in [1.29, 1.82) is 0 Å². The summed E-state index contributed by atoms with van der Waals surface area (Å²) in [5.41, 5.74) is 0. The van der Waals surface area contributed by atoms with E-state index in [2.05, 4.69) is 17.7 Å². The van der Waals surface area contributed by atoms with E-state index in [1.807, 2.05) is 0 Å². The number of hydrogen-bond acceptors (Lipinski definition) is 6. The zero-order chi connectivity index (χ0) is 12.7. The van der Waals surface area contributed by atoms with Gasteiger partial charge >= 0.3 is 43.3 Å². The molecule has 0 aromatic carbocycles. The van der Waals surface area contributed by atoms with Crippen molar-refractivity contribution in [3.05, 3.63) is 24.6 Å². The van der Waals surface area contributed by atoms with Gasteiger partial charge in [-0.3, -0.25) is 9.79 Å². The molecular formula is C5H8NaO8PS. The summed E-state index contributed by atoms with van der Waals surface area (Å²) in [4.78, 5) is 25.9. The van der Waals surface area contributed by atoms with Crippen LogP contribution in [0.4, 0.5) is 0 Å². The summed E-state index contributed by atoms with van der Waals surface area (Å²) in [5, 5.41) is 0.354. The molecule has 16 heavy (non-hydrogen) atoms. The topological polar surface area (TPSA) is 141 Å². The Hall–Kier alpha value is 0.01000. The molecule has 11 heteroatoms. The standard InChI is InChI=1S/C3H5O5P.C2H4O3S.Na/c1-2-3(4)8-9(5,6)7;1-2-6(3,4)5;/h2H,1H2,(H2,5,6,7);2H,1H2,(H,3,4,5);/q;;+1/p-1. The molecule has 0 saturated carbocycles. The molecule has 0 atom stereocenters. The normalized spacial score (nSPS) is 9.94. The minimum Gasteiger partial charge on any atom is -0.745 e. The van der Waals surface area contributed by atoms with Crippen LogP contribution in [0.15, 0.2) is 24.6 Å². The molecule has 0 bridgehead atoms. The van der Waals surface area contributed by atoms with Crippen molar-refractivity contribution in [2.75, 3.05) is 0 Å². The largest absolute Gasteiger partial charge is 1.00 e. The van der Waals surface area contributed by atoms with Crippen LogP contribution in [0.3, 0.4) is 0 Å². The third-order valence-electron chi connectivity index (χ3n) is 0.580. The summed E-state index contributed by atoms with van der Waals surface area (Å²) in [6.45, 7) is 5.66. The molecule has 0 saturated heterocycles. The van der Waals surface area contributed by atoms with Crippen LogP contribution in [0.2, 0.25) is 0 Å². The predicted molar refractivity (Wildman–Crippen MR) is 48.2 cm³/mol. The molecule has 0 unspecified atom stereocenters. The molecule has 0 aromatic heterocycles. The molecule has 0 fully saturated rings. The summed E-state index contributed by atoms with van der Waals surface area (Å²) in [7, 11) is -8.81. The minimum absolute atomic E-state index is 0. The van der Waals surface area contributed by atoms with Gasteiger partial charge in [0.05, 0.1) is 0 Å². The molecule has 0 aliphatic rings. The van der Waals surface area contributed by atoms with Gasteiger partial charge in [-0.05, 0) is 0 Å². The van der Waals surface area contributed by atoms with Gasteiger partial charge in [0, 0.05) is 11.5 Å². The number of hydrogen-bond donors (Lipinski definition) is 2. The van der Waals surface area contributed by atoms with Crippen molar-refractivity contribution >= 4 is 23.9 Å². The van der Waals surface area contributed by atoms with E-state index in [1.165, 1.54) is 0 Å². The van der Waals surface area contributed by atoms with Gasteiger partial charge in [0.2, 0.25) is 0 Å². The summed E-state index contributed by atoms with van der Waals surface area (Å²) < 4.78 is 41.3. The van der Waals surface area contributed by atoms with Crippen LogP contribution in [-0.4, -0.2) is 28.7 Å². The van der Waals surface area contributed by atoms with Crippen molar-refractivity contribution in [3.63, 3.8) is 0 Å². The Kier molecular flexibility index (Phi) is 12.1. The number of phosphoric ester groups is 1. The van der Waals surface area contributed by atoms with Gasteiger partial charge in [0.15, 0.2) is 0 Å². The van der Waals surface area contributed by atoms with Crippen LogP contribution in [0, 0.1) is 0 Å². The summed E-state index contributed by atoms with van der Waals surface area (Å²) in [5.74, 6) is -1.14. The molecule has 0 radical (unpaired) electrons. The molecule has 0 heterocycles. The Bertz CT molecular complexity index is 370. The second kappa shape index (κ2) is 9.08. The summed E-state index contributed by atoms with van der Waals surface area (Å²) >= 11 is 0. The quantitative estimate of drug-likeness (QED) is 0.235. The maximum atomic E-state index is 9.99. The average molecular weight is 282 g/mol. The Balaban J connectivity index is -0.000000214. The van der Waals surface area contributed by atoms with E-state index in [9.17, 15) is 22.3 Å². The van der Waals surface area contributed by atoms with E-state index in [1.54, 1.807) is 0 Å². The van der Waals surface area contributed by atoms with E-state index in [4.69, 9.17) is 9.79 Å². The number of carbonyl (C=O) groups is 1. The molecule has 0 aliphatic carbocycles. The Labute approximate surface area is 114 Å². The van der Waals surface area contributed by atoms with E-state index in [-0.39, 0.29) is 29.6 Å². The van der Waals surface area contributed by atoms with Crippen LogP contribution in [-0.2, 0) is 24.0 Å². The fraction of sp³-hybridized carbons (Fsp3) is 0. The molecule has 8 nitrogen and oxygen atoms in total. The second-order valence-electron chi connectivity index (χ2n) is 1.76. The Morgan fingerprint density at radius 1 is 1.38 bits per heavy atom. The van der Waals surface area contributed by atoms with Crippen molar-refractivity contribution < 1.29 is 66.2 Å². The second-order valence-corrected chi connectivity index (χ2v) is 4.25. The predicted octanol–water partition coefficient (Wildman–Crippen LogP) is -3.51. The van der Waals surface area contributed by atoms with Crippen molar-refractivity contribution in [2.45, 2.75) is 0 Å². The van der Waals surface area contributed by atoms with Gasteiger partial charge in [-0.1, -0.05) is 13.2 Å². The SMILES string of the molecule is C=CC(=O)OP(=O)(O)O.C=CS(=O)(=O)[O-].[Na+]. The number of phosphoric acid groups is 1. The van der Waals surface area contributed by atoms with Gasteiger partial charge in [-0.2, -0.15) is 0 Å². The molecule has 0 aliphatic heterocycles. The van der Waals surface area contributed by atoms with E-state index >= 15 is 0 Å². The smallest absolute Gasteiger partial charge is 0.745 e. The van der Waals surface area contributed by atoms with Crippen LogP contribution in [0.25, 0.3) is 0 Å². The molecular weight excluding hydrogens is 274 g/mol. The molecule has 0 amide bonds. The Morgan fingerprint density at radius 3 is 1.75 bits per heavy atom. The molecule has 2 N–H and O–H groups in total. The summed E-state index contributed by atoms with van der Waals surface area (Å²) in [6, 6.07) is 0. The van der Waals surface area contributed by atoms with E-state index in [0.29, 0.717) is 11.5 Å². The first-order valence-electron chi connectivity index (χ1n) is 3.01. The van der Waals surface area contributed by atoms with Crippen LogP contribution in [0.5, 0.6) is 0 Å². The fourth-order valence-electron chi connectivity index (χ4n) is 0.154. The maximum absolute atomic E-state index is 9.99. The monoisotopic (exact) mass is 282 g/mol. The van der Waals surface area contributed by atoms with Gasteiger partial charge < -0.3 is 9.08 Å². The van der Waals surface area contributed by atoms with Gasteiger partial charge in [-0.25, -0.2) is 17.8 Å². The van der Waals surface area contributed by atoms with Crippen molar-refractivity contribution in [2.24, 2.45) is 0 Å². The van der Waals surface area contributed by atoms with Crippen LogP contribution in [0.1, 0.15) is 0 Å². The van der Waals surface area contributed by atoms with Gasteiger partial charge in [-0.15, -0.1) is 0 Å². The van der Waals surface area contributed by atoms with Crippen molar-refractivity contribution in [3.8, 4) is 0 Å². The van der Waals surface area contributed by atoms with E-state index < -0.39 is 23.9 Å². The molecule has 0 rings (SSSR count). The fourth-order valence-corrected chi connectivity index (χ4v) is 0.463. The molecule has 0 aromatic rings. The summed E-state index contributed by atoms with van der Waals surface area (Å²) in [6.07, 6.45) is 0.666. The van der Waals surface area contributed by atoms with Gasteiger partial charge in [0.1, 0.15) is 10.1 Å². The average Bonchev–Trinajstić information content (AvgIpc) is 2.01. The third-order valence-corrected chi connectivity index (χ3v) is 1.41. The zero-order valence-electron chi connectivity index (χ0n) is 8.27. The van der Waals surface area contributed by atoms with Crippen LogP contribution < -0.4 is 29.6 Å². The maximum Gasteiger partial charge on any atom is 1.00 e. The van der Waals surface area contributed by atoms with Crippen LogP contribution >= 0.6 is 7.82 Å². The minimum atomic E-state index is -4.66. The van der Waals surface area contributed by atoms with E-state index in [0.717, 1.165) is 0 Å². The van der Waals surface area contributed by atoms with Gasteiger partial charge in [0.25, 0.3) is 0 Å². The first kappa shape index (κ1) is 21.3. The molecule has 0 spiro atoms. The third kappa shape index (κ3) is 23.7. The number of rotatable bonds is 3. The first-order valence-corrected chi connectivity index (χ1v) is 6.02. The number of carbonyl (C=O) groups excluding carboxylic acids is 1. The molecule has 88 valence electrons.